The third-order valence-electron chi connectivity index (χ3n) is 4.80. The minimum absolute atomic E-state index is 0. The zero-order valence-corrected chi connectivity index (χ0v) is 17.7. The Balaban J connectivity index is 0.00000225. The quantitative estimate of drug-likeness (QED) is 0.707. The van der Waals surface area contributed by atoms with Crippen molar-refractivity contribution in [3.05, 3.63) is 43.1 Å². The van der Waals surface area contributed by atoms with E-state index in [2.05, 4.69) is 22.2 Å². The predicted molar refractivity (Wildman–Crippen MR) is 95.8 cm³/mol. The summed E-state index contributed by atoms with van der Waals surface area (Å²) >= 11 is 0. The van der Waals surface area contributed by atoms with Crippen LogP contribution in [-0.4, -0.2) is 48.3 Å². The number of β-amino-alcohol motifs (C(OH)–C–C–N with tert-alkyl or cyclic N) is 1. The summed E-state index contributed by atoms with van der Waals surface area (Å²) in [5.74, 6) is 1.32. The van der Waals surface area contributed by atoms with Gasteiger partial charge in [-0.1, -0.05) is 12.1 Å². The number of nitrogens with zero attached hydrogens (tertiary/aromatic N) is 2. The molecule has 1 aromatic heterocycles. The number of ether oxygens (including phenoxy) is 1. The first-order chi connectivity index (χ1) is 11.7. The molecule has 6 heteroatoms. The van der Waals surface area contributed by atoms with Crippen molar-refractivity contribution in [2.45, 2.75) is 18.9 Å². The number of likely N-dealkylation sites (tertiary alicyclic amines) is 1. The molecule has 0 spiro atoms. The van der Waals surface area contributed by atoms with E-state index in [1.165, 1.54) is 12.8 Å². The average molecular weight is 417 g/mol. The second kappa shape index (κ2) is 9.93. The van der Waals surface area contributed by atoms with E-state index in [1.807, 2.05) is 24.3 Å². The van der Waals surface area contributed by atoms with Crippen LogP contribution in [-0.2, 0) is 32.7 Å². The molecule has 1 radical (unpaired) electrons. The van der Waals surface area contributed by atoms with E-state index in [1.54, 1.807) is 13.3 Å². The third-order valence-corrected chi connectivity index (χ3v) is 4.80. The molecular formula is C19H26N3O2Y-. The van der Waals surface area contributed by atoms with Gasteiger partial charge in [0.25, 0.3) is 0 Å². The minimum Gasteiger partial charge on any atom is -0.495 e. The van der Waals surface area contributed by atoms with Gasteiger partial charge in [0.15, 0.2) is 0 Å². The molecule has 25 heavy (non-hydrogen) atoms. The summed E-state index contributed by atoms with van der Waals surface area (Å²) in [4.78, 5) is 6.76. The number of rotatable bonds is 6. The maximum absolute atomic E-state index is 10.8. The fourth-order valence-electron chi connectivity index (χ4n) is 3.59. The van der Waals surface area contributed by atoms with Crippen molar-refractivity contribution in [3.63, 3.8) is 0 Å². The first-order valence-corrected chi connectivity index (χ1v) is 8.54. The van der Waals surface area contributed by atoms with Crippen LogP contribution in [0.15, 0.2) is 30.5 Å². The molecule has 5 nitrogen and oxygen atoms in total. The largest absolute Gasteiger partial charge is 0.495 e. The smallest absolute Gasteiger partial charge is 0.137 e. The van der Waals surface area contributed by atoms with Crippen LogP contribution in [0.3, 0.4) is 0 Å². The summed E-state index contributed by atoms with van der Waals surface area (Å²) in [5, 5.41) is 14.8. The molecule has 0 bridgehead atoms. The van der Waals surface area contributed by atoms with Gasteiger partial charge in [-0.15, -0.1) is 0 Å². The van der Waals surface area contributed by atoms with Crippen molar-refractivity contribution < 1.29 is 42.6 Å². The van der Waals surface area contributed by atoms with Gasteiger partial charge in [0, 0.05) is 51.2 Å². The summed E-state index contributed by atoms with van der Waals surface area (Å²) in [7, 11) is 5.36. The number of nitrogens with one attached hydrogen (secondary N) is 1. The van der Waals surface area contributed by atoms with Crippen molar-refractivity contribution in [1.82, 2.24) is 15.2 Å². The first kappa shape index (κ1) is 20.7. The Morgan fingerprint density at radius 1 is 1.48 bits per heavy atom. The Labute approximate surface area is 175 Å². The van der Waals surface area contributed by atoms with E-state index in [4.69, 9.17) is 4.74 Å². The van der Waals surface area contributed by atoms with Gasteiger partial charge in [0.2, 0.25) is 0 Å². The van der Waals surface area contributed by atoms with Crippen LogP contribution in [0.1, 0.15) is 24.5 Å². The molecule has 1 fully saturated rings. The fraction of sp³-hybridized carbons (Fsp3) is 0.474. The van der Waals surface area contributed by atoms with Gasteiger partial charge in [-0.05, 0) is 49.5 Å². The molecule has 0 aliphatic carbocycles. The average Bonchev–Trinajstić information content (AvgIpc) is 2.61. The maximum atomic E-state index is 10.8. The normalized spacial score (nSPS) is 19.4. The SMILES string of the molecule is [CH2-]NCC1CCCN(CC(O)c2cccc3ncc(OC)cc23)C1.[Y]. The monoisotopic (exact) mass is 417 g/mol. The molecule has 1 aliphatic heterocycles. The molecule has 0 saturated carbocycles. The van der Waals surface area contributed by atoms with Crippen molar-refractivity contribution in [2.24, 2.45) is 5.92 Å². The van der Waals surface area contributed by atoms with E-state index in [0.717, 1.165) is 36.1 Å². The number of hydrogen-bond acceptors (Lipinski definition) is 5. The Morgan fingerprint density at radius 3 is 3.08 bits per heavy atom. The number of aromatic nitrogens is 1. The number of piperidine rings is 1. The molecule has 0 amide bonds. The number of fused-ring (bicyclic) bond motifs is 1. The second-order valence-corrected chi connectivity index (χ2v) is 6.53. The number of methoxy groups -OCH3 is 1. The number of aliphatic hydroxyl groups is 1. The molecule has 1 saturated heterocycles. The maximum Gasteiger partial charge on any atom is 0.137 e. The fourth-order valence-corrected chi connectivity index (χ4v) is 3.59. The Kier molecular flexibility index (Phi) is 8.23. The van der Waals surface area contributed by atoms with Crippen molar-refractivity contribution in [1.29, 1.82) is 0 Å². The Morgan fingerprint density at radius 2 is 2.32 bits per heavy atom. The predicted octanol–water partition coefficient (Wildman–Crippen LogP) is 2.37. The van der Waals surface area contributed by atoms with Gasteiger partial charge in [0.05, 0.1) is 24.9 Å². The van der Waals surface area contributed by atoms with Gasteiger partial charge in [-0.2, -0.15) is 0 Å². The topological polar surface area (TPSA) is 57.6 Å². The van der Waals surface area contributed by atoms with Crippen LogP contribution < -0.4 is 10.1 Å². The molecule has 2 heterocycles. The van der Waals surface area contributed by atoms with E-state index >= 15 is 0 Å². The number of pyridine rings is 1. The summed E-state index contributed by atoms with van der Waals surface area (Å²) in [6.07, 6.45) is 3.57. The third kappa shape index (κ3) is 5.21. The molecule has 2 unspecified atom stereocenters. The number of hydrogen-bond donors (Lipinski definition) is 2. The van der Waals surface area contributed by atoms with Crippen LogP contribution in [0.2, 0.25) is 0 Å². The molecule has 2 atom stereocenters. The molecule has 2 N–H and O–H groups in total. The van der Waals surface area contributed by atoms with Crippen LogP contribution in [0.5, 0.6) is 5.75 Å². The van der Waals surface area contributed by atoms with Crippen molar-refractivity contribution in [3.8, 4) is 5.75 Å². The molecule has 3 rings (SSSR count). The number of benzene rings is 1. The van der Waals surface area contributed by atoms with E-state index < -0.39 is 6.10 Å². The van der Waals surface area contributed by atoms with Crippen LogP contribution in [0.4, 0.5) is 0 Å². The van der Waals surface area contributed by atoms with Gasteiger partial charge < -0.3 is 20.1 Å². The van der Waals surface area contributed by atoms with E-state index in [9.17, 15) is 5.11 Å². The molecular weight excluding hydrogens is 391 g/mol. The van der Waals surface area contributed by atoms with Crippen LogP contribution in [0, 0.1) is 13.0 Å². The summed E-state index contributed by atoms with van der Waals surface area (Å²) in [5.41, 5.74) is 1.79. The van der Waals surface area contributed by atoms with Crippen LogP contribution >= 0.6 is 0 Å². The van der Waals surface area contributed by atoms with Crippen molar-refractivity contribution >= 4 is 10.9 Å². The van der Waals surface area contributed by atoms with Crippen molar-refractivity contribution in [2.75, 3.05) is 33.3 Å². The van der Waals surface area contributed by atoms with Crippen LogP contribution in [0.25, 0.3) is 10.9 Å². The zero-order valence-electron chi connectivity index (χ0n) is 14.8. The van der Waals surface area contributed by atoms with Gasteiger partial charge >= 0.3 is 0 Å². The zero-order chi connectivity index (χ0) is 16.9. The van der Waals surface area contributed by atoms with Gasteiger partial charge in [0.1, 0.15) is 5.75 Å². The molecule has 2 aromatic rings. The standard InChI is InChI=1S/C19H26N3O2.Y/c1-20-10-14-5-4-8-22(12-14)13-19(23)16-6-3-7-18-17(16)9-15(24-2)11-21-18;/h3,6-7,9,11,14,19-20,23H,1,4-5,8,10,12-13H2,2H3;/q-1;. The van der Waals surface area contributed by atoms with E-state index in [0.29, 0.717) is 18.2 Å². The molecule has 1 aromatic carbocycles. The molecule has 1 aliphatic rings. The second-order valence-electron chi connectivity index (χ2n) is 6.53. The Hall–Kier alpha value is -0.586. The minimum atomic E-state index is -0.533. The summed E-state index contributed by atoms with van der Waals surface area (Å²) < 4.78 is 5.28. The summed E-state index contributed by atoms with van der Waals surface area (Å²) in [6.45, 7) is 3.62. The number of aliphatic hydroxyl groups excluding tert-OH is 1. The first-order valence-electron chi connectivity index (χ1n) is 8.54. The van der Waals surface area contributed by atoms with Gasteiger partial charge in [-0.25, -0.2) is 0 Å². The molecule has 133 valence electrons. The van der Waals surface area contributed by atoms with Gasteiger partial charge in [-0.3, -0.25) is 12.0 Å². The summed E-state index contributed by atoms with van der Waals surface area (Å²) in [6, 6.07) is 7.84. The Bertz CT molecular complexity index is 681. The van der Waals surface area contributed by atoms with E-state index in [-0.39, 0.29) is 32.7 Å².